The van der Waals surface area contributed by atoms with Crippen molar-refractivity contribution in [3.05, 3.63) is 281 Å². The van der Waals surface area contributed by atoms with Gasteiger partial charge in [-0.2, -0.15) is 0 Å². The van der Waals surface area contributed by atoms with Crippen molar-refractivity contribution in [1.82, 2.24) is 0 Å². The summed E-state index contributed by atoms with van der Waals surface area (Å²) in [4.78, 5) is 2.51. The molecule has 16 rings (SSSR count). The molecule has 0 N–H and O–H groups in total. The van der Waals surface area contributed by atoms with Crippen molar-refractivity contribution in [2.45, 2.75) is 17.8 Å². The number of nitrogens with zero attached hydrogens (tertiary/aromatic N) is 1. The molecule has 4 aliphatic carbocycles. The zero-order valence-corrected chi connectivity index (χ0v) is 37.8. The molecule has 0 fully saturated rings. The van der Waals surface area contributed by atoms with Gasteiger partial charge >= 0.3 is 0 Å². The molecule has 1 aromatic heterocycles. The van der Waals surface area contributed by atoms with Gasteiger partial charge < -0.3 is 9.32 Å². The van der Waals surface area contributed by atoms with E-state index in [0.29, 0.717) is 0 Å². The van der Waals surface area contributed by atoms with Crippen LogP contribution in [0.2, 0.25) is 0 Å². The lowest BCUT2D eigenvalue weighted by atomic mass is 9.70. The zero-order valence-electron chi connectivity index (χ0n) is 37.8. The van der Waals surface area contributed by atoms with Crippen LogP contribution in [0.5, 0.6) is 0 Å². The van der Waals surface area contributed by atoms with Gasteiger partial charge in [-0.1, -0.05) is 200 Å². The molecule has 1 heterocycles. The predicted molar refractivity (Wildman–Crippen MR) is 283 cm³/mol. The van der Waals surface area contributed by atoms with Crippen LogP contribution in [-0.2, 0) is 10.8 Å². The van der Waals surface area contributed by atoms with Gasteiger partial charge in [-0.15, -0.1) is 0 Å². The molecule has 12 aromatic rings. The second-order valence-electron chi connectivity index (χ2n) is 19.4. The summed E-state index contributed by atoms with van der Waals surface area (Å²) >= 11 is 0. The van der Waals surface area contributed by atoms with Crippen molar-refractivity contribution in [3.8, 4) is 44.5 Å². The predicted octanol–water partition coefficient (Wildman–Crippen LogP) is 17.2. The average molecular weight is 876 g/mol. The molecule has 69 heavy (non-hydrogen) atoms. The SMILES string of the molecule is Cc1cccc2c1oc1c(N(c3ccc4c(c3)C3(c5ccccc5-c5ccccc53)c3ccccc3-4)c3ccc4c(c3)C3(c5ccccc5-c5ccccc53)c3ccccc3-4)cc3ccccc3c12. The number of fused-ring (bicyclic) bond motifs is 25. The van der Waals surface area contributed by atoms with Crippen molar-refractivity contribution in [3.63, 3.8) is 0 Å². The Morgan fingerprint density at radius 1 is 0.319 bits per heavy atom. The molecule has 2 spiro atoms. The van der Waals surface area contributed by atoms with Gasteiger partial charge in [0.2, 0.25) is 0 Å². The fourth-order valence-electron chi connectivity index (χ4n) is 13.8. The highest BCUT2D eigenvalue weighted by Crippen LogP contribution is 2.65. The second-order valence-corrected chi connectivity index (χ2v) is 19.4. The molecule has 0 radical (unpaired) electrons. The largest absolute Gasteiger partial charge is 0.454 e. The molecule has 0 amide bonds. The summed E-state index contributed by atoms with van der Waals surface area (Å²) in [6.07, 6.45) is 0. The number of para-hydroxylation sites is 1. The van der Waals surface area contributed by atoms with Crippen molar-refractivity contribution >= 4 is 49.8 Å². The molecule has 0 saturated carbocycles. The van der Waals surface area contributed by atoms with Gasteiger partial charge in [-0.25, -0.2) is 0 Å². The number of aryl methyl sites for hydroxylation is 1. The highest BCUT2D eigenvalue weighted by molar-refractivity contribution is 6.23. The van der Waals surface area contributed by atoms with E-state index in [0.717, 1.165) is 44.6 Å². The van der Waals surface area contributed by atoms with Gasteiger partial charge in [0, 0.05) is 22.1 Å². The van der Waals surface area contributed by atoms with Crippen LogP contribution >= 0.6 is 0 Å². The lowest BCUT2D eigenvalue weighted by molar-refractivity contribution is 0.666. The maximum atomic E-state index is 7.26. The lowest BCUT2D eigenvalue weighted by Gasteiger charge is -2.33. The van der Waals surface area contributed by atoms with Crippen LogP contribution in [-0.4, -0.2) is 0 Å². The Kier molecular flexibility index (Phi) is 7.18. The highest BCUT2D eigenvalue weighted by Gasteiger charge is 2.53. The molecule has 11 aromatic carbocycles. The van der Waals surface area contributed by atoms with Crippen LogP contribution in [0.15, 0.2) is 235 Å². The molecule has 2 heteroatoms. The van der Waals surface area contributed by atoms with Crippen LogP contribution in [0.1, 0.15) is 50.1 Å². The number of rotatable bonds is 3. The normalized spacial score (nSPS) is 14.4. The molecule has 0 aliphatic heterocycles. The fourth-order valence-corrected chi connectivity index (χ4v) is 13.8. The Morgan fingerprint density at radius 2 is 0.696 bits per heavy atom. The Labute approximate surface area is 400 Å². The van der Waals surface area contributed by atoms with Crippen LogP contribution < -0.4 is 4.90 Å². The molecule has 2 nitrogen and oxygen atoms in total. The standard InChI is InChI=1S/C67H41NO/c1-40-17-16-26-53-63-44-19-3-2-18-41(44)37-62(65(63)69-64(40)53)68(42-33-35-51-49-24-8-14-31-58(49)66(60(51)38-42)54-27-10-4-20-45(54)46-21-5-11-28-55(46)66)43-34-36-52-50-25-9-15-32-59(50)67(61(52)39-43)56-29-12-6-22-47(56)48-23-7-13-30-57(48)67/h2-39H,1H3. The van der Waals surface area contributed by atoms with Crippen LogP contribution in [0, 0.1) is 6.92 Å². The molecular weight excluding hydrogens is 835 g/mol. The third-order valence-corrected chi connectivity index (χ3v) is 16.4. The molecule has 4 aliphatic rings. The van der Waals surface area contributed by atoms with E-state index in [-0.39, 0.29) is 0 Å². The summed E-state index contributed by atoms with van der Waals surface area (Å²) in [5.74, 6) is 0. The summed E-state index contributed by atoms with van der Waals surface area (Å²) in [7, 11) is 0. The lowest BCUT2D eigenvalue weighted by Crippen LogP contribution is -2.26. The van der Waals surface area contributed by atoms with E-state index >= 15 is 0 Å². The van der Waals surface area contributed by atoms with E-state index in [4.69, 9.17) is 4.42 Å². The molecule has 0 saturated heterocycles. The van der Waals surface area contributed by atoms with Crippen molar-refractivity contribution < 1.29 is 4.42 Å². The first-order valence-corrected chi connectivity index (χ1v) is 24.2. The van der Waals surface area contributed by atoms with Crippen molar-refractivity contribution in [1.29, 1.82) is 0 Å². The van der Waals surface area contributed by atoms with Gasteiger partial charge in [-0.3, -0.25) is 0 Å². The van der Waals surface area contributed by atoms with Crippen LogP contribution in [0.4, 0.5) is 17.1 Å². The number of anilines is 3. The smallest absolute Gasteiger partial charge is 0.160 e. The quantitative estimate of drug-likeness (QED) is 0.176. The van der Waals surface area contributed by atoms with Gasteiger partial charge in [0.25, 0.3) is 0 Å². The Morgan fingerprint density at radius 3 is 1.14 bits per heavy atom. The molecular formula is C67H41NO. The van der Waals surface area contributed by atoms with Crippen LogP contribution in [0.3, 0.4) is 0 Å². The van der Waals surface area contributed by atoms with E-state index in [1.165, 1.54) is 99.8 Å². The minimum absolute atomic E-state index is 0.503. The first-order chi connectivity index (χ1) is 34.2. The summed E-state index contributed by atoms with van der Waals surface area (Å²) in [6, 6.07) is 86.8. The summed E-state index contributed by atoms with van der Waals surface area (Å²) < 4.78 is 7.26. The van der Waals surface area contributed by atoms with Crippen LogP contribution in [0.25, 0.3) is 77.2 Å². The number of benzene rings is 11. The minimum Gasteiger partial charge on any atom is -0.454 e. The molecule has 0 bridgehead atoms. The van der Waals surface area contributed by atoms with E-state index in [2.05, 4.69) is 242 Å². The van der Waals surface area contributed by atoms with E-state index in [9.17, 15) is 0 Å². The third kappa shape index (κ3) is 4.48. The Bertz CT molecular complexity index is 3920. The van der Waals surface area contributed by atoms with Gasteiger partial charge in [0.05, 0.1) is 16.5 Å². The van der Waals surface area contributed by atoms with E-state index in [1.54, 1.807) is 0 Å². The average Bonchev–Trinajstić information content (AvgIpc) is 4.18. The first-order valence-electron chi connectivity index (χ1n) is 24.2. The Balaban J connectivity index is 1.03. The summed E-state index contributed by atoms with van der Waals surface area (Å²) in [5.41, 5.74) is 26.0. The zero-order chi connectivity index (χ0) is 45.2. The maximum absolute atomic E-state index is 7.26. The number of hydrogen-bond donors (Lipinski definition) is 0. The molecule has 0 unspecified atom stereocenters. The fraction of sp³-hybridized carbons (Fsp3) is 0.0448. The van der Waals surface area contributed by atoms with Crippen molar-refractivity contribution in [2.24, 2.45) is 0 Å². The first kappa shape index (κ1) is 37.4. The van der Waals surface area contributed by atoms with E-state index < -0.39 is 10.8 Å². The third-order valence-electron chi connectivity index (χ3n) is 16.4. The van der Waals surface area contributed by atoms with Crippen molar-refractivity contribution in [2.75, 3.05) is 4.90 Å². The second kappa shape index (κ2) is 13.2. The monoisotopic (exact) mass is 875 g/mol. The van der Waals surface area contributed by atoms with Gasteiger partial charge in [-0.05, 0) is 143 Å². The van der Waals surface area contributed by atoms with Gasteiger partial charge in [0.1, 0.15) is 5.58 Å². The van der Waals surface area contributed by atoms with Gasteiger partial charge in [0.15, 0.2) is 5.58 Å². The Hall–Kier alpha value is -8.72. The number of hydrogen-bond acceptors (Lipinski definition) is 2. The topological polar surface area (TPSA) is 16.4 Å². The highest BCUT2D eigenvalue weighted by atomic mass is 16.3. The molecule has 320 valence electrons. The summed E-state index contributed by atoms with van der Waals surface area (Å²) in [5, 5.41) is 4.62. The number of furan rings is 1. The van der Waals surface area contributed by atoms with E-state index in [1.807, 2.05) is 0 Å². The minimum atomic E-state index is -0.503. The maximum Gasteiger partial charge on any atom is 0.160 e. The summed E-state index contributed by atoms with van der Waals surface area (Å²) in [6.45, 7) is 2.16. The molecule has 0 atom stereocenters.